The smallest absolute Gasteiger partial charge is 0.244 e. The lowest BCUT2D eigenvalue weighted by atomic mass is 10.1. The molecule has 0 unspecified atom stereocenters. The molecule has 1 aromatic heterocycles. The van der Waals surface area contributed by atoms with E-state index in [2.05, 4.69) is 15.5 Å². The fraction of sp³-hybridized carbons (Fsp3) is 0.238. The van der Waals surface area contributed by atoms with Crippen LogP contribution in [0, 0.1) is 12.7 Å². The number of benzene rings is 2. The molecule has 7 nitrogen and oxygen atoms in total. The first-order valence-corrected chi connectivity index (χ1v) is 10.1. The Balaban J connectivity index is 1.53. The molecule has 3 aromatic rings. The quantitative estimate of drug-likeness (QED) is 0.555. The van der Waals surface area contributed by atoms with Gasteiger partial charge in [0, 0.05) is 25.5 Å². The second-order valence-electron chi connectivity index (χ2n) is 6.87. The zero-order valence-corrected chi connectivity index (χ0v) is 18.3. The van der Waals surface area contributed by atoms with Crippen molar-refractivity contribution in [3.05, 3.63) is 63.7 Å². The van der Waals surface area contributed by atoms with E-state index in [4.69, 9.17) is 27.7 Å². The van der Waals surface area contributed by atoms with Gasteiger partial charge in [-0.15, -0.1) is 0 Å². The van der Waals surface area contributed by atoms with Crippen LogP contribution in [-0.2, 0) is 16.0 Å². The van der Waals surface area contributed by atoms with Gasteiger partial charge in [-0.05, 0) is 30.7 Å². The van der Waals surface area contributed by atoms with Gasteiger partial charge < -0.3 is 14.7 Å². The number of likely N-dealkylation sites (N-methyl/N-ethyl adjacent to an activating group) is 1. The lowest BCUT2D eigenvalue weighted by molar-refractivity contribution is -0.133. The number of para-hydroxylation sites is 1. The molecule has 1 heterocycles. The van der Waals surface area contributed by atoms with E-state index in [-0.39, 0.29) is 42.8 Å². The van der Waals surface area contributed by atoms with Crippen LogP contribution in [0.5, 0.6) is 0 Å². The van der Waals surface area contributed by atoms with Crippen LogP contribution in [0.2, 0.25) is 10.0 Å². The summed E-state index contributed by atoms with van der Waals surface area (Å²) in [5.74, 6) is -0.610. The Bertz CT molecular complexity index is 1100. The average molecular weight is 465 g/mol. The maximum absolute atomic E-state index is 13.7. The third kappa shape index (κ3) is 5.80. The molecule has 0 saturated heterocycles. The van der Waals surface area contributed by atoms with E-state index < -0.39 is 5.91 Å². The number of carbonyl (C=O) groups excluding carboxylic acids is 2. The first kappa shape index (κ1) is 22.7. The maximum atomic E-state index is 13.7. The van der Waals surface area contributed by atoms with Gasteiger partial charge in [0.25, 0.3) is 0 Å². The summed E-state index contributed by atoms with van der Waals surface area (Å²) in [7, 11) is 1.50. The third-order valence-corrected chi connectivity index (χ3v) is 5.11. The number of aromatic nitrogens is 2. The molecule has 1 N–H and O–H groups in total. The zero-order chi connectivity index (χ0) is 22.5. The van der Waals surface area contributed by atoms with Gasteiger partial charge in [-0.25, -0.2) is 4.39 Å². The van der Waals surface area contributed by atoms with Gasteiger partial charge >= 0.3 is 0 Å². The molecule has 0 aliphatic rings. The van der Waals surface area contributed by atoms with E-state index in [1.807, 2.05) is 0 Å². The van der Waals surface area contributed by atoms with Crippen LogP contribution in [-0.4, -0.2) is 40.4 Å². The van der Waals surface area contributed by atoms with Gasteiger partial charge in [0.2, 0.25) is 23.5 Å². The fourth-order valence-electron chi connectivity index (χ4n) is 2.71. The number of nitrogens with zero attached hydrogens (tertiary/aromatic N) is 3. The van der Waals surface area contributed by atoms with Crippen molar-refractivity contribution in [3.63, 3.8) is 0 Å². The monoisotopic (exact) mass is 464 g/mol. The van der Waals surface area contributed by atoms with Gasteiger partial charge in [0.15, 0.2) is 0 Å². The molecule has 0 bridgehead atoms. The molecule has 2 aromatic carbocycles. The number of rotatable bonds is 7. The number of amides is 2. The number of carbonyl (C=O) groups is 2. The molecular weight excluding hydrogens is 446 g/mol. The van der Waals surface area contributed by atoms with Crippen molar-refractivity contribution in [1.29, 1.82) is 0 Å². The van der Waals surface area contributed by atoms with Gasteiger partial charge in [-0.3, -0.25) is 9.59 Å². The maximum Gasteiger partial charge on any atom is 0.244 e. The van der Waals surface area contributed by atoms with Crippen LogP contribution in [0.25, 0.3) is 11.4 Å². The second kappa shape index (κ2) is 9.89. The summed E-state index contributed by atoms with van der Waals surface area (Å²) < 4.78 is 18.9. The Hall–Kier alpha value is -2.97. The van der Waals surface area contributed by atoms with Crippen LogP contribution in [0.1, 0.15) is 17.9 Å². The minimum atomic E-state index is -0.438. The summed E-state index contributed by atoms with van der Waals surface area (Å²) in [6.45, 7) is 1.48. The van der Waals surface area contributed by atoms with E-state index in [1.54, 1.807) is 37.3 Å². The summed E-state index contributed by atoms with van der Waals surface area (Å²) in [4.78, 5) is 30.0. The summed E-state index contributed by atoms with van der Waals surface area (Å²) in [6.07, 6.45) is 0.239. The Labute approximate surface area is 188 Å². The molecule has 162 valence electrons. The molecule has 0 atom stereocenters. The summed E-state index contributed by atoms with van der Waals surface area (Å²) in [5, 5.41) is 7.03. The Morgan fingerprint density at radius 3 is 2.58 bits per heavy atom. The largest absolute Gasteiger partial charge is 0.339 e. The number of nitrogens with one attached hydrogen (secondary N) is 1. The number of aryl methyl sites for hydroxylation is 2. The lowest BCUT2D eigenvalue weighted by Crippen LogP contribution is -2.35. The van der Waals surface area contributed by atoms with Crippen molar-refractivity contribution in [2.75, 3.05) is 18.9 Å². The van der Waals surface area contributed by atoms with E-state index in [1.165, 1.54) is 18.0 Å². The van der Waals surface area contributed by atoms with Gasteiger partial charge in [0.05, 0.1) is 22.3 Å². The van der Waals surface area contributed by atoms with Crippen molar-refractivity contribution < 1.29 is 18.5 Å². The minimum Gasteiger partial charge on any atom is -0.339 e. The Kier molecular flexibility index (Phi) is 7.25. The molecule has 2 amide bonds. The summed E-state index contributed by atoms with van der Waals surface area (Å²) >= 11 is 12.1. The van der Waals surface area contributed by atoms with Crippen molar-refractivity contribution in [2.24, 2.45) is 0 Å². The standard InChI is InChI=1S/C21H19Cl2FN4O3/c1-12-6-7-13(10-16(12)24)21-26-18(31-27-21)8-9-19(30)28(2)11-17(29)25-20-14(22)4-3-5-15(20)23/h3-7,10H,8-9,11H2,1-2H3,(H,25,29). The zero-order valence-electron chi connectivity index (χ0n) is 16.8. The highest BCUT2D eigenvalue weighted by atomic mass is 35.5. The van der Waals surface area contributed by atoms with Crippen molar-refractivity contribution in [2.45, 2.75) is 19.8 Å². The van der Waals surface area contributed by atoms with E-state index in [9.17, 15) is 14.0 Å². The van der Waals surface area contributed by atoms with Crippen molar-refractivity contribution in [3.8, 4) is 11.4 Å². The Morgan fingerprint density at radius 2 is 1.90 bits per heavy atom. The van der Waals surface area contributed by atoms with Crippen LogP contribution >= 0.6 is 23.2 Å². The first-order chi connectivity index (χ1) is 14.7. The predicted molar refractivity (Wildman–Crippen MR) is 115 cm³/mol. The SMILES string of the molecule is Cc1ccc(-c2noc(CCC(=O)N(C)CC(=O)Nc3c(Cl)cccc3Cl)n2)cc1F. The molecule has 0 aliphatic heterocycles. The molecule has 0 aliphatic carbocycles. The van der Waals surface area contributed by atoms with Crippen molar-refractivity contribution in [1.82, 2.24) is 15.0 Å². The van der Waals surface area contributed by atoms with E-state index in [0.29, 0.717) is 26.9 Å². The van der Waals surface area contributed by atoms with Gasteiger partial charge in [-0.2, -0.15) is 4.98 Å². The topological polar surface area (TPSA) is 88.3 Å². The Morgan fingerprint density at radius 1 is 1.19 bits per heavy atom. The molecule has 0 fully saturated rings. The summed E-state index contributed by atoms with van der Waals surface area (Å²) in [5.41, 5.74) is 1.29. The van der Waals surface area contributed by atoms with Gasteiger partial charge in [-0.1, -0.05) is 46.6 Å². The van der Waals surface area contributed by atoms with Crippen LogP contribution in [0.15, 0.2) is 40.9 Å². The molecule has 0 spiro atoms. The highest BCUT2D eigenvalue weighted by molar-refractivity contribution is 6.39. The molecule has 0 saturated carbocycles. The molecular formula is C21H19Cl2FN4O3. The fourth-order valence-corrected chi connectivity index (χ4v) is 3.20. The van der Waals surface area contributed by atoms with Crippen LogP contribution in [0.4, 0.5) is 10.1 Å². The van der Waals surface area contributed by atoms with Crippen LogP contribution < -0.4 is 5.32 Å². The number of anilines is 1. The molecule has 31 heavy (non-hydrogen) atoms. The molecule has 3 rings (SSSR count). The number of hydrogen-bond acceptors (Lipinski definition) is 5. The summed E-state index contributed by atoms with van der Waals surface area (Å²) in [6, 6.07) is 9.50. The average Bonchev–Trinajstić information content (AvgIpc) is 3.20. The highest BCUT2D eigenvalue weighted by Gasteiger charge is 2.17. The van der Waals surface area contributed by atoms with E-state index in [0.717, 1.165) is 0 Å². The number of halogens is 3. The third-order valence-electron chi connectivity index (χ3n) is 4.48. The normalized spacial score (nSPS) is 10.7. The van der Waals surface area contributed by atoms with Crippen molar-refractivity contribution >= 4 is 40.7 Å². The van der Waals surface area contributed by atoms with E-state index >= 15 is 0 Å². The van der Waals surface area contributed by atoms with Crippen LogP contribution in [0.3, 0.4) is 0 Å². The highest BCUT2D eigenvalue weighted by Crippen LogP contribution is 2.29. The first-order valence-electron chi connectivity index (χ1n) is 9.31. The molecule has 10 heteroatoms. The van der Waals surface area contributed by atoms with Gasteiger partial charge in [0.1, 0.15) is 5.82 Å². The number of hydrogen-bond donors (Lipinski definition) is 1. The predicted octanol–water partition coefficient (Wildman–Crippen LogP) is 4.52. The second-order valence-corrected chi connectivity index (χ2v) is 7.68. The molecule has 0 radical (unpaired) electrons. The lowest BCUT2D eigenvalue weighted by Gasteiger charge is -2.17. The minimum absolute atomic E-state index is 0.0561.